The third-order valence-electron chi connectivity index (χ3n) is 3.01. The van der Waals surface area contributed by atoms with Crippen molar-refractivity contribution >= 4 is 23.3 Å². The van der Waals surface area contributed by atoms with Crippen molar-refractivity contribution in [3.8, 4) is 0 Å². The lowest BCUT2D eigenvalue weighted by Crippen LogP contribution is -2.42. The van der Waals surface area contributed by atoms with Crippen molar-refractivity contribution in [2.45, 2.75) is 25.8 Å². The van der Waals surface area contributed by atoms with Crippen molar-refractivity contribution in [1.29, 1.82) is 0 Å². The average molecular weight is 360 g/mol. The summed E-state index contributed by atoms with van der Waals surface area (Å²) >= 11 is 0. The van der Waals surface area contributed by atoms with Crippen LogP contribution >= 0.6 is 0 Å². The minimum absolute atomic E-state index is 0.335. The molecule has 1 heterocycles. The first-order valence-corrected chi connectivity index (χ1v) is 6.70. The standard InChI is InChI=1S/C14H11F3N2O6/c1-13(2)24-11(20)8(12(21)25-13)6-18-9-4-3-7(14(15,16)17)5-10(9)19(22)23/h3-6,18H,1-2H3. The maximum atomic E-state index is 12.6. The normalized spacial score (nSPS) is 16.8. The minimum atomic E-state index is -4.76. The number of cyclic esters (lactones) is 2. The SMILES string of the molecule is CC1(C)OC(=O)C(=CNc2ccc(C(F)(F)F)cc2[N+](=O)[O-])C(=O)O1. The Morgan fingerprint density at radius 3 is 2.24 bits per heavy atom. The molecule has 1 aromatic rings. The van der Waals surface area contributed by atoms with Crippen LogP contribution in [-0.4, -0.2) is 22.6 Å². The molecule has 25 heavy (non-hydrogen) atoms. The second-order valence-electron chi connectivity index (χ2n) is 5.37. The topological polar surface area (TPSA) is 108 Å². The molecule has 11 heteroatoms. The number of nitro groups is 1. The zero-order valence-corrected chi connectivity index (χ0v) is 12.8. The average Bonchev–Trinajstić information content (AvgIpc) is 2.43. The third kappa shape index (κ3) is 4.05. The molecule has 0 unspecified atom stereocenters. The van der Waals surface area contributed by atoms with E-state index >= 15 is 0 Å². The van der Waals surface area contributed by atoms with Crippen LogP contribution in [0.25, 0.3) is 0 Å². The molecular formula is C14H11F3N2O6. The molecule has 0 amide bonds. The van der Waals surface area contributed by atoms with Gasteiger partial charge in [0.25, 0.3) is 11.5 Å². The summed E-state index contributed by atoms with van der Waals surface area (Å²) in [5.74, 6) is -3.54. The summed E-state index contributed by atoms with van der Waals surface area (Å²) in [5.41, 5.74) is -3.04. The second kappa shape index (κ2) is 6.07. The van der Waals surface area contributed by atoms with E-state index in [9.17, 15) is 32.9 Å². The highest BCUT2D eigenvalue weighted by Crippen LogP contribution is 2.35. The van der Waals surface area contributed by atoms with Crippen LogP contribution in [0.3, 0.4) is 0 Å². The predicted molar refractivity (Wildman–Crippen MR) is 76.1 cm³/mol. The van der Waals surface area contributed by atoms with Crippen LogP contribution in [0.5, 0.6) is 0 Å². The number of nitrogens with zero attached hydrogens (tertiary/aromatic N) is 1. The number of nitro benzene ring substituents is 1. The Bertz CT molecular complexity index is 763. The number of rotatable bonds is 3. The van der Waals surface area contributed by atoms with E-state index in [1.54, 1.807) is 0 Å². The van der Waals surface area contributed by atoms with Crippen molar-refractivity contribution in [3.63, 3.8) is 0 Å². The summed E-state index contributed by atoms with van der Waals surface area (Å²) in [4.78, 5) is 33.4. The Balaban J connectivity index is 2.33. The fraction of sp³-hybridized carbons (Fsp3) is 0.286. The van der Waals surface area contributed by atoms with Crippen LogP contribution in [0.1, 0.15) is 19.4 Å². The predicted octanol–water partition coefficient (Wildman–Crippen LogP) is 2.75. The van der Waals surface area contributed by atoms with E-state index in [2.05, 4.69) is 5.32 Å². The van der Waals surface area contributed by atoms with Gasteiger partial charge in [0.1, 0.15) is 5.69 Å². The molecule has 134 valence electrons. The number of esters is 2. The van der Waals surface area contributed by atoms with Gasteiger partial charge in [0.05, 0.1) is 10.5 Å². The zero-order valence-electron chi connectivity index (χ0n) is 12.8. The molecule has 0 bridgehead atoms. The number of alkyl halides is 3. The zero-order chi connectivity index (χ0) is 19.0. The molecule has 1 aliphatic heterocycles. The second-order valence-corrected chi connectivity index (χ2v) is 5.37. The highest BCUT2D eigenvalue weighted by Gasteiger charge is 2.39. The van der Waals surface area contributed by atoms with Gasteiger partial charge in [-0.25, -0.2) is 9.59 Å². The molecule has 0 aromatic heterocycles. The maximum absolute atomic E-state index is 12.6. The van der Waals surface area contributed by atoms with Crippen LogP contribution in [0.15, 0.2) is 30.0 Å². The summed E-state index contributed by atoms with van der Waals surface area (Å²) in [6, 6.07) is 1.76. The molecule has 1 fully saturated rings. The van der Waals surface area contributed by atoms with E-state index in [1.807, 2.05) is 0 Å². The summed E-state index contributed by atoms with van der Waals surface area (Å²) in [6.45, 7) is 2.65. The van der Waals surface area contributed by atoms with Gasteiger partial charge in [-0.05, 0) is 12.1 Å². The quantitative estimate of drug-likeness (QED) is 0.290. The van der Waals surface area contributed by atoms with Crippen molar-refractivity contribution < 1.29 is 37.2 Å². The van der Waals surface area contributed by atoms with Gasteiger partial charge in [-0.1, -0.05) is 0 Å². The van der Waals surface area contributed by atoms with E-state index in [0.717, 1.165) is 12.3 Å². The smallest absolute Gasteiger partial charge is 0.416 e. The van der Waals surface area contributed by atoms with E-state index in [1.165, 1.54) is 13.8 Å². The van der Waals surface area contributed by atoms with Crippen LogP contribution in [-0.2, 0) is 25.2 Å². The first kappa shape index (κ1) is 18.2. The molecule has 0 atom stereocenters. The largest absolute Gasteiger partial charge is 0.419 e. The molecule has 1 saturated heterocycles. The molecule has 1 N–H and O–H groups in total. The van der Waals surface area contributed by atoms with Crippen molar-refractivity contribution in [2.24, 2.45) is 0 Å². The molecule has 8 nitrogen and oxygen atoms in total. The number of anilines is 1. The molecule has 0 spiro atoms. The highest BCUT2D eigenvalue weighted by atomic mass is 19.4. The van der Waals surface area contributed by atoms with Gasteiger partial charge in [-0.3, -0.25) is 10.1 Å². The van der Waals surface area contributed by atoms with E-state index < -0.39 is 45.6 Å². The number of benzene rings is 1. The molecular weight excluding hydrogens is 349 g/mol. The first-order chi connectivity index (χ1) is 11.4. The summed E-state index contributed by atoms with van der Waals surface area (Å²) < 4.78 is 47.5. The molecule has 0 radical (unpaired) electrons. The van der Waals surface area contributed by atoms with Crippen LogP contribution < -0.4 is 5.32 Å². The first-order valence-electron chi connectivity index (χ1n) is 6.70. The van der Waals surface area contributed by atoms with E-state index in [4.69, 9.17) is 9.47 Å². The number of carbonyl (C=O) groups excluding carboxylic acids is 2. The van der Waals surface area contributed by atoms with Crippen LogP contribution in [0.2, 0.25) is 0 Å². The number of hydrogen-bond donors (Lipinski definition) is 1. The number of halogens is 3. The Morgan fingerprint density at radius 1 is 1.20 bits per heavy atom. The van der Waals surface area contributed by atoms with Gasteiger partial charge < -0.3 is 14.8 Å². The Labute approximate surface area is 138 Å². The maximum Gasteiger partial charge on any atom is 0.416 e. The Hall–Kier alpha value is -3.11. The van der Waals surface area contributed by atoms with Gasteiger partial charge in [0, 0.05) is 26.1 Å². The number of nitrogens with one attached hydrogen (secondary N) is 1. The molecule has 1 aromatic carbocycles. The fourth-order valence-corrected chi connectivity index (χ4v) is 1.91. The van der Waals surface area contributed by atoms with Crippen LogP contribution in [0.4, 0.5) is 24.5 Å². The number of ether oxygens (including phenoxy) is 2. The minimum Gasteiger partial charge on any atom is -0.419 e. The molecule has 1 aliphatic rings. The Morgan fingerprint density at radius 2 is 1.76 bits per heavy atom. The monoisotopic (exact) mass is 360 g/mol. The van der Waals surface area contributed by atoms with Crippen molar-refractivity contribution in [2.75, 3.05) is 5.32 Å². The summed E-state index contributed by atoms with van der Waals surface area (Å²) in [7, 11) is 0. The van der Waals surface area contributed by atoms with E-state index in [0.29, 0.717) is 12.1 Å². The summed E-state index contributed by atoms with van der Waals surface area (Å²) in [6.07, 6.45) is -3.99. The number of carbonyl (C=O) groups is 2. The van der Waals surface area contributed by atoms with Gasteiger partial charge in [-0.15, -0.1) is 0 Å². The van der Waals surface area contributed by atoms with Crippen molar-refractivity contribution in [3.05, 3.63) is 45.6 Å². The van der Waals surface area contributed by atoms with Gasteiger partial charge in [0.15, 0.2) is 5.57 Å². The molecule has 0 aliphatic carbocycles. The third-order valence-corrected chi connectivity index (χ3v) is 3.01. The van der Waals surface area contributed by atoms with Gasteiger partial charge in [-0.2, -0.15) is 13.2 Å². The van der Waals surface area contributed by atoms with Gasteiger partial charge in [0.2, 0.25) is 0 Å². The fourth-order valence-electron chi connectivity index (χ4n) is 1.91. The highest BCUT2D eigenvalue weighted by molar-refractivity contribution is 6.15. The molecule has 0 saturated carbocycles. The lowest BCUT2D eigenvalue weighted by molar-refractivity contribution is -0.384. The Kier molecular flexibility index (Phi) is 4.43. The lowest BCUT2D eigenvalue weighted by Gasteiger charge is -2.29. The van der Waals surface area contributed by atoms with Crippen LogP contribution in [0, 0.1) is 10.1 Å². The lowest BCUT2D eigenvalue weighted by atomic mass is 10.1. The van der Waals surface area contributed by atoms with Crippen molar-refractivity contribution in [1.82, 2.24) is 0 Å². The summed E-state index contributed by atoms with van der Waals surface area (Å²) in [5, 5.41) is 13.2. The van der Waals surface area contributed by atoms with Gasteiger partial charge >= 0.3 is 18.1 Å². The molecule has 2 rings (SSSR count). The number of hydrogen-bond acceptors (Lipinski definition) is 7. The van der Waals surface area contributed by atoms with E-state index in [-0.39, 0.29) is 5.69 Å².